The van der Waals surface area contributed by atoms with Crippen LogP contribution < -0.4 is 10.6 Å². The molecule has 2 N–H and O–H groups in total. The Kier molecular flexibility index (Phi) is 6.52. The molecule has 0 unspecified atom stereocenters. The van der Waals surface area contributed by atoms with Gasteiger partial charge < -0.3 is 10.6 Å². The first-order chi connectivity index (χ1) is 7.33. The lowest BCUT2D eigenvalue weighted by molar-refractivity contribution is -0.120. The molecule has 0 heterocycles. The molecule has 0 aromatic rings. The van der Waals surface area contributed by atoms with Crippen molar-refractivity contribution in [2.75, 3.05) is 24.6 Å². The summed E-state index contributed by atoms with van der Waals surface area (Å²) in [6.07, 6.45) is 5.04. The summed E-state index contributed by atoms with van der Waals surface area (Å²) in [5.74, 6) is 2.08. The predicted octanol–water partition coefficient (Wildman–Crippen LogP) is 1.16. The highest BCUT2D eigenvalue weighted by molar-refractivity contribution is 7.99. The third-order valence-electron chi connectivity index (χ3n) is 2.17. The molecule has 0 atom stereocenters. The van der Waals surface area contributed by atoms with Crippen LogP contribution in [0.5, 0.6) is 0 Å². The van der Waals surface area contributed by atoms with E-state index in [1.54, 1.807) is 11.8 Å². The third kappa shape index (κ3) is 7.45. The van der Waals surface area contributed by atoms with Gasteiger partial charge in [0.15, 0.2) is 0 Å². The van der Waals surface area contributed by atoms with E-state index in [1.165, 1.54) is 12.8 Å². The summed E-state index contributed by atoms with van der Waals surface area (Å²) < 4.78 is 0. The SMILES string of the molecule is C=CCSCCNC(=O)CCNC1CC1. The molecule has 0 radical (unpaired) electrons. The van der Waals surface area contributed by atoms with E-state index in [-0.39, 0.29) is 5.91 Å². The average Bonchev–Trinajstić information content (AvgIpc) is 3.01. The minimum Gasteiger partial charge on any atom is -0.355 e. The summed E-state index contributed by atoms with van der Waals surface area (Å²) >= 11 is 1.79. The van der Waals surface area contributed by atoms with Crippen molar-refractivity contribution < 1.29 is 4.79 Å². The summed E-state index contributed by atoms with van der Waals surface area (Å²) in [6.45, 7) is 5.22. The second kappa shape index (κ2) is 7.77. The van der Waals surface area contributed by atoms with Crippen LogP contribution in [-0.2, 0) is 4.79 Å². The number of carbonyl (C=O) groups excluding carboxylic acids is 1. The topological polar surface area (TPSA) is 41.1 Å². The fraction of sp³-hybridized carbons (Fsp3) is 0.727. The Morgan fingerprint density at radius 3 is 2.93 bits per heavy atom. The summed E-state index contributed by atoms with van der Waals surface area (Å²) in [4.78, 5) is 11.3. The molecular formula is C11H20N2OS. The van der Waals surface area contributed by atoms with E-state index in [1.807, 2.05) is 6.08 Å². The molecule has 1 aliphatic rings. The number of nitrogens with one attached hydrogen (secondary N) is 2. The van der Waals surface area contributed by atoms with E-state index < -0.39 is 0 Å². The van der Waals surface area contributed by atoms with Gasteiger partial charge in [0.05, 0.1) is 0 Å². The second-order valence-electron chi connectivity index (χ2n) is 3.69. The van der Waals surface area contributed by atoms with Gasteiger partial charge in [-0.25, -0.2) is 0 Å². The van der Waals surface area contributed by atoms with Gasteiger partial charge in [-0.2, -0.15) is 11.8 Å². The zero-order valence-electron chi connectivity index (χ0n) is 9.13. The van der Waals surface area contributed by atoms with Gasteiger partial charge in [0, 0.05) is 37.1 Å². The molecule has 1 amide bonds. The fourth-order valence-corrected chi connectivity index (χ4v) is 1.77. The molecule has 4 heteroatoms. The van der Waals surface area contributed by atoms with Crippen molar-refractivity contribution in [3.8, 4) is 0 Å². The van der Waals surface area contributed by atoms with E-state index in [0.29, 0.717) is 12.5 Å². The third-order valence-corrected chi connectivity index (χ3v) is 3.13. The van der Waals surface area contributed by atoms with Gasteiger partial charge in [0.1, 0.15) is 0 Å². The van der Waals surface area contributed by atoms with Crippen LogP contribution in [0.15, 0.2) is 12.7 Å². The summed E-state index contributed by atoms with van der Waals surface area (Å²) in [5.41, 5.74) is 0. The van der Waals surface area contributed by atoms with E-state index in [9.17, 15) is 4.79 Å². The Morgan fingerprint density at radius 2 is 2.27 bits per heavy atom. The maximum absolute atomic E-state index is 11.3. The number of carbonyl (C=O) groups is 1. The highest BCUT2D eigenvalue weighted by Crippen LogP contribution is 2.18. The Labute approximate surface area is 96.1 Å². The largest absolute Gasteiger partial charge is 0.355 e. The molecule has 0 spiro atoms. The molecule has 1 fully saturated rings. The van der Waals surface area contributed by atoms with Crippen LogP contribution >= 0.6 is 11.8 Å². The molecule has 0 aromatic carbocycles. The van der Waals surface area contributed by atoms with Crippen molar-refractivity contribution in [1.82, 2.24) is 10.6 Å². The van der Waals surface area contributed by atoms with Crippen LogP contribution in [0.25, 0.3) is 0 Å². The highest BCUT2D eigenvalue weighted by Gasteiger charge is 2.19. The molecule has 0 saturated heterocycles. The summed E-state index contributed by atoms with van der Waals surface area (Å²) in [7, 11) is 0. The number of thioether (sulfide) groups is 1. The van der Waals surface area contributed by atoms with Gasteiger partial charge in [-0.1, -0.05) is 6.08 Å². The molecular weight excluding hydrogens is 208 g/mol. The minimum absolute atomic E-state index is 0.155. The lowest BCUT2D eigenvalue weighted by Crippen LogP contribution is -2.29. The molecule has 1 rings (SSSR count). The van der Waals surface area contributed by atoms with Crippen molar-refractivity contribution in [2.24, 2.45) is 0 Å². The van der Waals surface area contributed by atoms with Gasteiger partial charge in [0.2, 0.25) is 5.91 Å². The minimum atomic E-state index is 0.155. The van der Waals surface area contributed by atoms with Crippen LogP contribution in [0.4, 0.5) is 0 Å². The van der Waals surface area contributed by atoms with Crippen molar-refractivity contribution >= 4 is 17.7 Å². The zero-order chi connectivity index (χ0) is 10.9. The lowest BCUT2D eigenvalue weighted by Gasteiger charge is -2.05. The first-order valence-corrected chi connectivity index (χ1v) is 6.67. The van der Waals surface area contributed by atoms with Crippen molar-refractivity contribution in [3.05, 3.63) is 12.7 Å². The Hall–Kier alpha value is -0.480. The predicted molar refractivity (Wildman–Crippen MR) is 66.2 cm³/mol. The first kappa shape index (κ1) is 12.6. The van der Waals surface area contributed by atoms with Gasteiger partial charge in [-0.3, -0.25) is 4.79 Å². The van der Waals surface area contributed by atoms with E-state index in [4.69, 9.17) is 0 Å². The van der Waals surface area contributed by atoms with E-state index >= 15 is 0 Å². The van der Waals surface area contributed by atoms with E-state index in [0.717, 1.165) is 24.6 Å². The molecule has 0 aromatic heterocycles. The van der Waals surface area contributed by atoms with Crippen molar-refractivity contribution in [1.29, 1.82) is 0 Å². The Morgan fingerprint density at radius 1 is 1.47 bits per heavy atom. The van der Waals surface area contributed by atoms with Crippen LogP contribution in [0.1, 0.15) is 19.3 Å². The molecule has 1 saturated carbocycles. The number of hydrogen-bond donors (Lipinski definition) is 2. The van der Waals surface area contributed by atoms with Gasteiger partial charge >= 0.3 is 0 Å². The maximum Gasteiger partial charge on any atom is 0.221 e. The van der Waals surface area contributed by atoms with Crippen LogP contribution in [0, 0.1) is 0 Å². The van der Waals surface area contributed by atoms with Crippen LogP contribution in [0.3, 0.4) is 0 Å². The van der Waals surface area contributed by atoms with Crippen LogP contribution in [-0.4, -0.2) is 36.5 Å². The van der Waals surface area contributed by atoms with E-state index in [2.05, 4.69) is 17.2 Å². The highest BCUT2D eigenvalue weighted by atomic mass is 32.2. The quantitative estimate of drug-likeness (QED) is 0.460. The zero-order valence-corrected chi connectivity index (χ0v) is 9.94. The first-order valence-electron chi connectivity index (χ1n) is 5.51. The molecule has 86 valence electrons. The number of amides is 1. The molecule has 3 nitrogen and oxygen atoms in total. The number of hydrogen-bond acceptors (Lipinski definition) is 3. The molecule has 15 heavy (non-hydrogen) atoms. The molecule has 0 bridgehead atoms. The van der Waals surface area contributed by atoms with Crippen molar-refractivity contribution in [2.45, 2.75) is 25.3 Å². The van der Waals surface area contributed by atoms with Gasteiger partial charge in [-0.15, -0.1) is 6.58 Å². The average molecular weight is 228 g/mol. The number of rotatable bonds is 9. The Bertz CT molecular complexity index is 205. The second-order valence-corrected chi connectivity index (χ2v) is 4.84. The Balaban J connectivity index is 1.82. The standard InChI is InChI=1S/C11H20N2OS/c1-2-8-15-9-7-13-11(14)5-6-12-10-3-4-10/h2,10,12H,1,3-9H2,(H,13,14). The van der Waals surface area contributed by atoms with Crippen LogP contribution in [0.2, 0.25) is 0 Å². The monoisotopic (exact) mass is 228 g/mol. The molecule has 1 aliphatic carbocycles. The van der Waals surface area contributed by atoms with Gasteiger partial charge in [-0.05, 0) is 12.8 Å². The lowest BCUT2D eigenvalue weighted by atomic mass is 10.4. The van der Waals surface area contributed by atoms with Crippen molar-refractivity contribution in [3.63, 3.8) is 0 Å². The molecule has 0 aliphatic heterocycles. The fourth-order valence-electron chi connectivity index (χ4n) is 1.19. The van der Waals surface area contributed by atoms with Gasteiger partial charge in [0.25, 0.3) is 0 Å². The normalized spacial score (nSPS) is 14.9. The maximum atomic E-state index is 11.3. The summed E-state index contributed by atoms with van der Waals surface area (Å²) in [6, 6.07) is 0.695. The summed E-state index contributed by atoms with van der Waals surface area (Å²) in [5, 5.41) is 6.22. The smallest absolute Gasteiger partial charge is 0.221 e.